The van der Waals surface area contributed by atoms with Gasteiger partial charge >= 0.3 is 0 Å². The van der Waals surface area contributed by atoms with E-state index in [1.807, 2.05) is 42.5 Å². The predicted molar refractivity (Wildman–Crippen MR) is 76.2 cm³/mol. The lowest BCUT2D eigenvalue weighted by Gasteiger charge is -2.15. The van der Waals surface area contributed by atoms with Crippen molar-refractivity contribution in [3.63, 3.8) is 0 Å². The van der Waals surface area contributed by atoms with Gasteiger partial charge in [0, 0.05) is 12.1 Å². The van der Waals surface area contributed by atoms with Crippen LogP contribution in [0.4, 0.5) is 0 Å². The smallest absolute Gasteiger partial charge is 0.142 e. The largest absolute Gasteiger partial charge is 0.489 e. The van der Waals surface area contributed by atoms with Gasteiger partial charge in [-0.25, -0.2) is 0 Å². The first kappa shape index (κ1) is 13.9. The van der Waals surface area contributed by atoms with Gasteiger partial charge in [0.05, 0.1) is 5.02 Å². The molecule has 3 N–H and O–H groups in total. The molecule has 19 heavy (non-hydrogen) atoms. The number of hydrogen-bond donors (Lipinski definition) is 2. The molecule has 2 rings (SSSR count). The first-order chi connectivity index (χ1) is 9.22. The van der Waals surface area contributed by atoms with Crippen LogP contribution in [0.1, 0.15) is 17.2 Å². The third-order valence-corrected chi connectivity index (χ3v) is 3.14. The summed E-state index contributed by atoms with van der Waals surface area (Å²) in [6.45, 7) is 0.484. The Morgan fingerprint density at radius 1 is 1.11 bits per heavy atom. The first-order valence-corrected chi connectivity index (χ1v) is 6.43. The van der Waals surface area contributed by atoms with Crippen LogP contribution in [0.3, 0.4) is 0 Å². The fourth-order valence-electron chi connectivity index (χ4n) is 1.81. The summed E-state index contributed by atoms with van der Waals surface area (Å²) in [5, 5.41) is 10.5. The molecule has 0 amide bonds. The molecular weight excluding hydrogens is 262 g/mol. The minimum Gasteiger partial charge on any atom is -0.489 e. The Morgan fingerprint density at radius 2 is 1.84 bits per heavy atom. The highest BCUT2D eigenvalue weighted by Gasteiger charge is 2.11. The second-order valence-electron chi connectivity index (χ2n) is 4.17. The number of halogens is 1. The molecule has 0 saturated heterocycles. The third kappa shape index (κ3) is 3.47. The minimum absolute atomic E-state index is 0.140. The van der Waals surface area contributed by atoms with Gasteiger partial charge in [0.15, 0.2) is 0 Å². The van der Waals surface area contributed by atoms with Gasteiger partial charge in [0.25, 0.3) is 0 Å². The zero-order chi connectivity index (χ0) is 13.7. The van der Waals surface area contributed by atoms with E-state index in [0.29, 0.717) is 17.3 Å². The van der Waals surface area contributed by atoms with Crippen LogP contribution in [-0.2, 0) is 6.54 Å². The van der Waals surface area contributed by atoms with Crippen molar-refractivity contribution in [1.29, 1.82) is 0 Å². The standard InChI is InChI=1S/C15H16ClNO2/c16-13-8-4-7-12(9-17)15(13)19-10-14(18)11-5-2-1-3-6-11/h1-8,14,18H,9-10,17H2. The summed E-state index contributed by atoms with van der Waals surface area (Å²) < 4.78 is 5.61. The van der Waals surface area contributed by atoms with Crippen molar-refractivity contribution in [2.75, 3.05) is 6.61 Å². The molecule has 3 nitrogen and oxygen atoms in total. The molecule has 0 aliphatic rings. The van der Waals surface area contributed by atoms with Crippen molar-refractivity contribution >= 4 is 11.6 Å². The molecule has 0 aliphatic heterocycles. The molecule has 0 heterocycles. The maximum Gasteiger partial charge on any atom is 0.142 e. The van der Waals surface area contributed by atoms with Crippen LogP contribution < -0.4 is 10.5 Å². The third-order valence-electron chi connectivity index (χ3n) is 2.84. The van der Waals surface area contributed by atoms with Crippen molar-refractivity contribution in [3.8, 4) is 5.75 Å². The zero-order valence-electron chi connectivity index (χ0n) is 10.4. The van der Waals surface area contributed by atoms with Crippen LogP contribution in [0, 0.1) is 0 Å². The monoisotopic (exact) mass is 277 g/mol. The molecule has 1 atom stereocenters. The molecule has 0 fully saturated rings. The highest BCUT2D eigenvalue weighted by atomic mass is 35.5. The van der Waals surface area contributed by atoms with Crippen LogP contribution in [0.5, 0.6) is 5.75 Å². The summed E-state index contributed by atoms with van der Waals surface area (Å²) in [6, 6.07) is 14.8. The lowest BCUT2D eigenvalue weighted by atomic mass is 10.1. The molecule has 0 bridgehead atoms. The highest BCUT2D eigenvalue weighted by molar-refractivity contribution is 6.32. The Bertz CT molecular complexity index is 531. The molecule has 100 valence electrons. The zero-order valence-corrected chi connectivity index (χ0v) is 11.2. The lowest BCUT2D eigenvalue weighted by Crippen LogP contribution is -2.11. The van der Waals surface area contributed by atoms with E-state index in [9.17, 15) is 5.11 Å². The summed E-state index contributed by atoms with van der Waals surface area (Å²) in [5.41, 5.74) is 7.27. The fraction of sp³-hybridized carbons (Fsp3) is 0.200. The second kappa shape index (κ2) is 6.57. The topological polar surface area (TPSA) is 55.5 Å². The summed E-state index contributed by atoms with van der Waals surface area (Å²) in [7, 11) is 0. The predicted octanol–water partition coefficient (Wildman–Crippen LogP) is 2.91. The van der Waals surface area contributed by atoms with Gasteiger partial charge in [-0.3, -0.25) is 0 Å². The Hall–Kier alpha value is -1.55. The van der Waals surface area contributed by atoms with Crippen molar-refractivity contribution in [1.82, 2.24) is 0 Å². The molecule has 0 aliphatic carbocycles. The van der Waals surface area contributed by atoms with Crippen LogP contribution in [0.15, 0.2) is 48.5 Å². The maximum atomic E-state index is 10.0. The average molecular weight is 278 g/mol. The number of benzene rings is 2. The minimum atomic E-state index is -0.692. The Kier molecular flexibility index (Phi) is 4.80. The SMILES string of the molecule is NCc1cccc(Cl)c1OCC(O)c1ccccc1. The van der Waals surface area contributed by atoms with Crippen molar-refractivity contribution in [3.05, 3.63) is 64.7 Å². The van der Waals surface area contributed by atoms with E-state index in [1.165, 1.54) is 0 Å². The fourth-order valence-corrected chi connectivity index (χ4v) is 2.06. The van der Waals surface area contributed by atoms with Gasteiger partial charge < -0.3 is 15.6 Å². The Morgan fingerprint density at radius 3 is 2.53 bits per heavy atom. The van der Waals surface area contributed by atoms with Crippen LogP contribution in [-0.4, -0.2) is 11.7 Å². The van der Waals surface area contributed by atoms with Gasteiger partial charge in [-0.2, -0.15) is 0 Å². The Labute approximate surface area is 117 Å². The number of nitrogens with two attached hydrogens (primary N) is 1. The molecule has 1 unspecified atom stereocenters. The van der Waals surface area contributed by atoms with Crippen LogP contribution in [0.25, 0.3) is 0 Å². The molecular formula is C15H16ClNO2. The highest BCUT2D eigenvalue weighted by Crippen LogP contribution is 2.29. The van der Waals surface area contributed by atoms with Crippen LogP contribution >= 0.6 is 11.6 Å². The molecule has 4 heteroatoms. The van der Waals surface area contributed by atoms with E-state index in [-0.39, 0.29) is 6.61 Å². The van der Waals surface area contributed by atoms with Crippen molar-refractivity contribution in [2.45, 2.75) is 12.6 Å². The lowest BCUT2D eigenvalue weighted by molar-refractivity contribution is 0.107. The average Bonchev–Trinajstić information content (AvgIpc) is 2.46. The van der Waals surface area contributed by atoms with Crippen molar-refractivity contribution < 1.29 is 9.84 Å². The van der Waals surface area contributed by atoms with E-state index in [1.54, 1.807) is 6.07 Å². The summed E-state index contributed by atoms with van der Waals surface area (Å²) in [4.78, 5) is 0. The quantitative estimate of drug-likeness (QED) is 0.883. The summed E-state index contributed by atoms with van der Waals surface area (Å²) in [5.74, 6) is 0.543. The van der Waals surface area contributed by atoms with E-state index in [0.717, 1.165) is 11.1 Å². The molecule has 2 aromatic rings. The van der Waals surface area contributed by atoms with Gasteiger partial charge in [0.2, 0.25) is 0 Å². The normalized spacial score (nSPS) is 12.2. The number of para-hydroxylation sites is 1. The van der Waals surface area contributed by atoms with E-state index in [2.05, 4.69) is 0 Å². The molecule has 0 saturated carbocycles. The maximum absolute atomic E-state index is 10.0. The van der Waals surface area contributed by atoms with E-state index >= 15 is 0 Å². The van der Waals surface area contributed by atoms with Gasteiger partial charge in [-0.1, -0.05) is 54.1 Å². The molecule has 0 radical (unpaired) electrons. The van der Waals surface area contributed by atoms with Gasteiger partial charge in [-0.05, 0) is 11.6 Å². The van der Waals surface area contributed by atoms with Crippen LogP contribution in [0.2, 0.25) is 5.02 Å². The number of aliphatic hydroxyl groups is 1. The molecule has 0 spiro atoms. The summed E-state index contributed by atoms with van der Waals surface area (Å²) in [6.07, 6.45) is -0.692. The van der Waals surface area contributed by atoms with E-state index in [4.69, 9.17) is 22.1 Å². The molecule has 2 aromatic carbocycles. The van der Waals surface area contributed by atoms with Gasteiger partial charge in [0.1, 0.15) is 18.5 Å². The number of aliphatic hydroxyl groups excluding tert-OH is 1. The van der Waals surface area contributed by atoms with E-state index < -0.39 is 6.10 Å². The number of rotatable bonds is 5. The first-order valence-electron chi connectivity index (χ1n) is 6.05. The van der Waals surface area contributed by atoms with Gasteiger partial charge in [-0.15, -0.1) is 0 Å². The molecule has 0 aromatic heterocycles. The van der Waals surface area contributed by atoms with Crippen molar-refractivity contribution in [2.24, 2.45) is 5.73 Å². The Balaban J connectivity index is 2.07. The summed E-state index contributed by atoms with van der Waals surface area (Å²) >= 11 is 6.08. The number of hydrogen-bond acceptors (Lipinski definition) is 3. The number of ether oxygens (including phenoxy) is 1. The second-order valence-corrected chi connectivity index (χ2v) is 4.58.